The third-order valence-corrected chi connectivity index (χ3v) is 3.24. The Morgan fingerprint density at radius 2 is 1.65 bits per heavy atom. The number of anilines is 1. The molecule has 4 heteroatoms. The van der Waals surface area contributed by atoms with Crippen LogP contribution in [0.2, 0.25) is 0 Å². The Kier molecular flexibility index (Phi) is 3.06. The first kappa shape index (κ1) is 12.5. The lowest BCUT2D eigenvalue weighted by atomic mass is 10.1. The zero-order valence-electron chi connectivity index (χ0n) is 11.8. The van der Waals surface area contributed by atoms with Crippen molar-refractivity contribution < 1.29 is 0 Å². The van der Waals surface area contributed by atoms with E-state index in [0.717, 1.165) is 28.1 Å². The number of hydrogen-bond acceptors (Lipinski definition) is 4. The van der Waals surface area contributed by atoms with Crippen molar-refractivity contribution >= 4 is 16.7 Å². The van der Waals surface area contributed by atoms with Gasteiger partial charge in [-0.1, -0.05) is 12.1 Å². The van der Waals surface area contributed by atoms with E-state index in [-0.39, 0.29) is 0 Å². The van der Waals surface area contributed by atoms with Crippen molar-refractivity contribution in [2.75, 3.05) is 19.0 Å². The first-order valence-corrected chi connectivity index (χ1v) is 6.51. The predicted octanol–water partition coefficient (Wildman–Crippen LogP) is 3.07. The summed E-state index contributed by atoms with van der Waals surface area (Å²) in [6.07, 6.45) is 1.81. The minimum Gasteiger partial charge on any atom is -0.378 e. The molecule has 0 fully saturated rings. The van der Waals surface area contributed by atoms with Crippen LogP contribution in [0.3, 0.4) is 0 Å². The van der Waals surface area contributed by atoms with Crippen molar-refractivity contribution in [3.8, 4) is 11.3 Å². The molecule has 0 saturated carbocycles. The average molecular weight is 264 g/mol. The molecule has 0 atom stereocenters. The van der Waals surface area contributed by atoms with Crippen molar-refractivity contribution in [2.45, 2.75) is 6.92 Å². The van der Waals surface area contributed by atoms with Gasteiger partial charge in [0.2, 0.25) is 0 Å². The Bertz CT molecular complexity index is 748. The van der Waals surface area contributed by atoms with Gasteiger partial charge in [0.1, 0.15) is 5.82 Å². The van der Waals surface area contributed by atoms with Crippen molar-refractivity contribution in [1.82, 2.24) is 15.0 Å². The van der Waals surface area contributed by atoms with E-state index in [4.69, 9.17) is 0 Å². The lowest BCUT2D eigenvalue weighted by Gasteiger charge is -2.12. The number of hydrogen-bond donors (Lipinski definition) is 0. The van der Waals surface area contributed by atoms with Gasteiger partial charge in [-0.25, -0.2) is 15.0 Å². The quantitative estimate of drug-likeness (QED) is 0.713. The second kappa shape index (κ2) is 4.89. The molecule has 0 unspecified atom stereocenters. The third-order valence-electron chi connectivity index (χ3n) is 3.24. The lowest BCUT2D eigenvalue weighted by Crippen LogP contribution is -2.07. The summed E-state index contributed by atoms with van der Waals surface area (Å²) >= 11 is 0. The maximum Gasteiger partial charge on any atom is 0.163 e. The Labute approximate surface area is 118 Å². The Hall–Kier alpha value is -2.49. The Balaban J connectivity index is 2.05. The van der Waals surface area contributed by atoms with E-state index in [9.17, 15) is 0 Å². The predicted molar refractivity (Wildman–Crippen MR) is 81.8 cm³/mol. The third kappa shape index (κ3) is 2.32. The number of aryl methyl sites for hydroxylation is 1. The second-order valence-electron chi connectivity index (χ2n) is 4.97. The summed E-state index contributed by atoms with van der Waals surface area (Å²) in [6, 6.07) is 12.4. The molecule has 0 spiro atoms. The van der Waals surface area contributed by atoms with E-state index < -0.39 is 0 Å². The van der Waals surface area contributed by atoms with E-state index in [1.807, 2.05) is 39.3 Å². The van der Waals surface area contributed by atoms with E-state index in [2.05, 4.69) is 44.1 Å². The summed E-state index contributed by atoms with van der Waals surface area (Å²) in [4.78, 5) is 15.3. The summed E-state index contributed by atoms with van der Waals surface area (Å²) in [6.45, 7) is 1.87. The van der Waals surface area contributed by atoms with E-state index in [1.54, 1.807) is 0 Å². The van der Waals surface area contributed by atoms with Crippen LogP contribution < -0.4 is 4.90 Å². The standard InChI is InChI=1S/C16H16N4/c1-11-17-10-13-6-9-15(19-16(13)18-11)12-4-7-14(8-5-12)20(2)3/h4-10H,1-3H3. The maximum atomic E-state index is 4.62. The first-order chi connectivity index (χ1) is 9.63. The molecule has 20 heavy (non-hydrogen) atoms. The van der Waals surface area contributed by atoms with E-state index in [1.165, 1.54) is 5.69 Å². The van der Waals surface area contributed by atoms with Gasteiger partial charge in [-0.05, 0) is 31.2 Å². The smallest absolute Gasteiger partial charge is 0.163 e. The molecule has 0 N–H and O–H groups in total. The molecular formula is C16H16N4. The molecule has 100 valence electrons. The van der Waals surface area contributed by atoms with Gasteiger partial charge in [0.25, 0.3) is 0 Å². The van der Waals surface area contributed by atoms with Gasteiger partial charge in [0.15, 0.2) is 5.65 Å². The van der Waals surface area contributed by atoms with Crippen LogP contribution in [-0.2, 0) is 0 Å². The molecule has 0 aliphatic heterocycles. The fourth-order valence-electron chi connectivity index (χ4n) is 2.09. The van der Waals surface area contributed by atoms with Gasteiger partial charge < -0.3 is 4.90 Å². The number of nitrogens with zero attached hydrogens (tertiary/aromatic N) is 4. The molecule has 2 heterocycles. The van der Waals surface area contributed by atoms with Gasteiger partial charge in [0, 0.05) is 36.9 Å². The molecule has 4 nitrogen and oxygen atoms in total. The van der Waals surface area contributed by atoms with Crippen LogP contribution in [0, 0.1) is 6.92 Å². The molecule has 0 saturated heterocycles. The molecule has 1 aromatic carbocycles. The SMILES string of the molecule is Cc1ncc2ccc(-c3ccc(N(C)C)cc3)nc2n1. The molecule has 0 radical (unpaired) electrons. The average Bonchev–Trinajstić information content (AvgIpc) is 2.46. The largest absolute Gasteiger partial charge is 0.378 e. The van der Waals surface area contributed by atoms with Gasteiger partial charge in [-0.15, -0.1) is 0 Å². The molecule has 0 amide bonds. The fraction of sp³-hybridized carbons (Fsp3) is 0.188. The van der Waals surface area contributed by atoms with Crippen LogP contribution in [0.25, 0.3) is 22.3 Å². The molecular weight excluding hydrogens is 248 g/mol. The topological polar surface area (TPSA) is 41.9 Å². The summed E-state index contributed by atoms with van der Waals surface area (Å²) < 4.78 is 0. The van der Waals surface area contributed by atoms with Crippen LogP contribution >= 0.6 is 0 Å². The summed E-state index contributed by atoms with van der Waals surface area (Å²) in [7, 11) is 4.06. The van der Waals surface area contributed by atoms with Crippen molar-refractivity contribution in [1.29, 1.82) is 0 Å². The second-order valence-corrected chi connectivity index (χ2v) is 4.97. The molecule has 2 aromatic heterocycles. The minimum absolute atomic E-state index is 0.741. The van der Waals surface area contributed by atoms with Crippen molar-refractivity contribution in [2.24, 2.45) is 0 Å². The first-order valence-electron chi connectivity index (χ1n) is 6.51. The van der Waals surface area contributed by atoms with Gasteiger partial charge in [-0.3, -0.25) is 0 Å². The Morgan fingerprint density at radius 3 is 2.35 bits per heavy atom. The number of pyridine rings is 1. The highest BCUT2D eigenvalue weighted by molar-refractivity contribution is 5.77. The van der Waals surface area contributed by atoms with Gasteiger partial charge in [0.05, 0.1) is 5.69 Å². The van der Waals surface area contributed by atoms with E-state index in [0.29, 0.717) is 0 Å². The number of fused-ring (bicyclic) bond motifs is 1. The maximum absolute atomic E-state index is 4.62. The monoisotopic (exact) mass is 264 g/mol. The molecule has 3 rings (SSSR count). The number of aromatic nitrogens is 3. The van der Waals surface area contributed by atoms with Crippen LogP contribution in [-0.4, -0.2) is 29.0 Å². The highest BCUT2D eigenvalue weighted by Crippen LogP contribution is 2.22. The van der Waals surface area contributed by atoms with Crippen LogP contribution in [0.1, 0.15) is 5.82 Å². The van der Waals surface area contributed by atoms with E-state index >= 15 is 0 Å². The fourth-order valence-corrected chi connectivity index (χ4v) is 2.09. The highest BCUT2D eigenvalue weighted by Gasteiger charge is 2.04. The normalized spacial score (nSPS) is 10.8. The Morgan fingerprint density at radius 1 is 0.900 bits per heavy atom. The molecule has 0 aliphatic carbocycles. The summed E-state index contributed by atoms with van der Waals surface area (Å²) in [5, 5.41) is 0.962. The van der Waals surface area contributed by atoms with Crippen LogP contribution in [0.15, 0.2) is 42.6 Å². The van der Waals surface area contributed by atoms with Crippen molar-refractivity contribution in [3.63, 3.8) is 0 Å². The zero-order chi connectivity index (χ0) is 14.1. The summed E-state index contributed by atoms with van der Waals surface area (Å²) in [5.74, 6) is 0.741. The lowest BCUT2D eigenvalue weighted by molar-refractivity contribution is 1.07. The molecule has 0 bridgehead atoms. The van der Waals surface area contributed by atoms with Gasteiger partial charge in [-0.2, -0.15) is 0 Å². The number of benzene rings is 1. The molecule has 0 aliphatic rings. The van der Waals surface area contributed by atoms with Gasteiger partial charge >= 0.3 is 0 Å². The summed E-state index contributed by atoms with van der Waals surface area (Å²) in [5.41, 5.74) is 3.94. The number of rotatable bonds is 2. The van der Waals surface area contributed by atoms with Crippen molar-refractivity contribution in [3.05, 3.63) is 48.4 Å². The molecule has 3 aromatic rings. The van der Waals surface area contributed by atoms with Crippen LogP contribution in [0.5, 0.6) is 0 Å². The zero-order valence-corrected chi connectivity index (χ0v) is 11.8. The van der Waals surface area contributed by atoms with Crippen LogP contribution in [0.4, 0.5) is 5.69 Å². The minimum atomic E-state index is 0.741. The highest BCUT2D eigenvalue weighted by atomic mass is 15.1.